The molecule has 3 heterocycles. The van der Waals surface area contributed by atoms with Gasteiger partial charge >= 0.3 is 0 Å². The number of rotatable bonds is 7. The molecule has 1 aliphatic heterocycles. The van der Waals surface area contributed by atoms with Gasteiger partial charge in [-0.1, -0.05) is 5.16 Å². The maximum Gasteiger partial charge on any atom is 0.223 e. The summed E-state index contributed by atoms with van der Waals surface area (Å²) < 4.78 is 6.99. The predicted octanol–water partition coefficient (Wildman–Crippen LogP) is 1.82. The van der Waals surface area contributed by atoms with Gasteiger partial charge in [0.25, 0.3) is 0 Å². The summed E-state index contributed by atoms with van der Waals surface area (Å²) >= 11 is 0. The fourth-order valence-corrected chi connectivity index (χ4v) is 3.47. The molecular weight excluding hydrogens is 332 g/mol. The largest absolute Gasteiger partial charge is 0.340 e. The number of amides is 1. The number of carbonyl (C=O) groups excluding carboxylic acids is 1. The Morgan fingerprint density at radius 1 is 1.46 bits per heavy atom. The van der Waals surface area contributed by atoms with E-state index in [-0.39, 0.29) is 11.9 Å². The van der Waals surface area contributed by atoms with Crippen LogP contribution in [0, 0.1) is 6.92 Å². The lowest BCUT2D eigenvalue weighted by atomic mass is 10.2. The summed E-state index contributed by atoms with van der Waals surface area (Å²) in [6.45, 7) is 11.0. The van der Waals surface area contributed by atoms with E-state index in [2.05, 4.69) is 40.2 Å². The first-order valence-electron chi connectivity index (χ1n) is 9.24. The van der Waals surface area contributed by atoms with E-state index in [0.717, 1.165) is 26.1 Å². The number of carbonyl (C=O) groups is 1. The van der Waals surface area contributed by atoms with E-state index in [1.807, 2.05) is 15.8 Å². The molecule has 2 aromatic heterocycles. The number of hydrogen-bond acceptors (Lipinski definition) is 6. The Labute approximate surface area is 154 Å². The van der Waals surface area contributed by atoms with Gasteiger partial charge in [0.2, 0.25) is 11.8 Å². The summed E-state index contributed by atoms with van der Waals surface area (Å²) in [6, 6.07) is 0.609. The molecule has 0 saturated carbocycles. The Kier molecular flexibility index (Phi) is 5.70. The van der Waals surface area contributed by atoms with Gasteiger partial charge in [0.05, 0.1) is 6.20 Å². The van der Waals surface area contributed by atoms with Crippen LogP contribution in [0.25, 0.3) is 0 Å². The second kappa shape index (κ2) is 7.99. The van der Waals surface area contributed by atoms with Crippen LogP contribution >= 0.6 is 0 Å². The van der Waals surface area contributed by atoms with E-state index in [1.54, 1.807) is 13.8 Å². The first kappa shape index (κ1) is 18.6. The van der Waals surface area contributed by atoms with E-state index in [0.29, 0.717) is 30.7 Å². The van der Waals surface area contributed by atoms with Gasteiger partial charge in [0.15, 0.2) is 5.82 Å². The lowest BCUT2D eigenvalue weighted by Gasteiger charge is -2.27. The quantitative estimate of drug-likeness (QED) is 0.749. The monoisotopic (exact) mass is 360 g/mol. The third-order valence-electron chi connectivity index (χ3n) is 4.83. The molecule has 1 atom stereocenters. The molecular formula is C18H28N6O2. The normalized spacial score (nSPS) is 18.0. The number of nitrogens with zero attached hydrogens (tertiary/aromatic N) is 6. The molecule has 1 aliphatic rings. The molecule has 1 unspecified atom stereocenters. The van der Waals surface area contributed by atoms with Gasteiger partial charge in [0.1, 0.15) is 0 Å². The molecule has 0 N–H and O–H groups in total. The molecule has 8 nitrogen and oxygen atoms in total. The molecule has 1 fully saturated rings. The van der Waals surface area contributed by atoms with Gasteiger partial charge in [0, 0.05) is 70.3 Å². The minimum atomic E-state index is 0.102. The predicted molar refractivity (Wildman–Crippen MR) is 96.4 cm³/mol. The Morgan fingerprint density at radius 2 is 2.27 bits per heavy atom. The van der Waals surface area contributed by atoms with Crippen LogP contribution < -0.4 is 0 Å². The maximum absolute atomic E-state index is 12.1. The van der Waals surface area contributed by atoms with Crippen molar-refractivity contribution < 1.29 is 9.32 Å². The third-order valence-corrected chi connectivity index (χ3v) is 4.83. The van der Waals surface area contributed by atoms with E-state index in [9.17, 15) is 4.79 Å². The third kappa shape index (κ3) is 4.49. The average molecular weight is 360 g/mol. The molecule has 142 valence electrons. The zero-order chi connectivity index (χ0) is 18.7. The summed E-state index contributed by atoms with van der Waals surface area (Å²) in [4.78, 5) is 20.7. The fourth-order valence-electron chi connectivity index (χ4n) is 3.47. The highest BCUT2D eigenvalue weighted by atomic mass is 16.5. The molecule has 1 saturated heterocycles. The van der Waals surface area contributed by atoms with Crippen LogP contribution in [-0.2, 0) is 17.8 Å². The van der Waals surface area contributed by atoms with Crippen molar-refractivity contribution in [2.24, 2.45) is 0 Å². The van der Waals surface area contributed by atoms with Crippen molar-refractivity contribution in [1.29, 1.82) is 0 Å². The highest BCUT2D eigenvalue weighted by Crippen LogP contribution is 2.19. The number of aromatic nitrogens is 4. The van der Waals surface area contributed by atoms with Crippen molar-refractivity contribution in [1.82, 2.24) is 29.7 Å². The van der Waals surface area contributed by atoms with Crippen LogP contribution in [0.2, 0.25) is 0 Å². The zero-order valence-corrected chi connectivity index (χ0v) is 16.1. The van der Waals surface area contributed by atoms with Gasteiger partial charge in [-0.15, -0.1) is 0 Å². The Morgan fingerprint density at radius 3 is 2.88 bits per heavy atom. The first-order valence-corrected chi connectivity index (χ1v) is 9.24. The smallest absolute Gasteiger partial charge is 0.223 e. The fraction of sp³-hybridized carbons (Fsp3) is 0.667. The van der Waals surface area contributed by atoms with Crippen molar-refractivity contribution in [3.05, 3.63) is 29.7 Å². The van der Waals surface area contributed by atoms with Crippen LogP contribution in [0.15, 0.2) is 16.9 Å². The van der Waals surface area contributed by atoms with Crippen molar-refractivity contribution in [2.75, 3.05) is 19.6 Å². The van der Waals surface area contributed by atoms with Crippen LogP contribution in [0.3, 0.4) is 0 Å². The Bertz CT molecular complexity index is 738. The lowest BCUT2D eigenvalue weighted by molar-refractivity contribution is -0.130. The van der Waals surface area contributed by atoms with Gasteiger partial charge in [-0.25, -0.2) is 0 Å². The highest BCUT2D eigenvalue weighted by Gasteiger charge is 2.29. The van der Waals surface area contributed by atoms with Crippen LogP contribution in [0.4, 0.5) is 0 Å². The number of hydrogen-bond donors (Lipinski definition) is 0. The molecule has 26 heavy (non-hydrogen) atoms. The number of likely N-dealkylation sites (tertiary alicyclic amines) is 1. The standard InChI is InChI=1S/C18H28N6O2/c1-13(2)24-11-16(9-19-24)10-22-7-5-17(12-22)23(15(4)25)8-6-18-20-14(3)26-21-18/h9,11,13,17H,5-8,10,12H2,1-4H3. The van der Waals surface area contributed by atoms with Crippen molar-refractivity contribution in [2.45, 2.75) is 59.2 Å². The van der Waals surface area contributed by atoms with Crippen molar-refractivity contribution >= 4 is 5.91 Å². The van der Waals surface area contributed by atoms with Crippen LogP contribution in [-0.4, -0.2) is 61.3 Å². The van der Waals surface area contributed by atoms with E-state index < -0.39 is 0 Å². The SMILES string of the molecule is CC(=O)N(CCc1noc(C)n1)C1CCN(Cc2cnn(C(C)C)c2)C1. The van der Waals surface area contributed by atoms with Gasteiger partial charge < -0.3 is 9.42 Å². The zero-order valence-electron chi connectivity index (χ0n) is 16.1. The topological polar surface area (TPSA) is 80.3 Å². The van der Waals surface area contributed by atoms with Crippen LogP contribution in [0.5, 0.6) is 0 Å². The molecule has 0 spiro atoms. The first-order chi connectivity index (χ1) is 12.4. The maximum atomic E-state index is 12.1. The van der Waals surface area contributed by atoms with Gasteiger partial charge in [-0.2, -0.15) is 10.1 Å². The molecule has 1 amide bonds. The second-order valence-corrected chi connectivity index (χ2v) is 7.29. The minimum absolute atomic E-state index is 0.102. The summed E-state index contributed by atoms with van der Waals surface area (Å²) in [6.07, 6.45) is 5.66. The van der Waals surface area contributed by atoms with Crippen molar-refractivity contribution in [3.8, 4) is 0 Å². The lowest BCUT2D eigenvalue weighted by Crippen LogP contribution is -2.42. The summed E-state index contributed by atoms with van der Waals surface area (Å²) in [7, 11) is 0. The molecule has 0 aliphatic carbocycles. The van der Waals surface area contributed by atoms with Gasteiger partial charge in [-0.3, -0.25) is 14.4 Å². The van der Waals surface area contributed by atoms with Crippen LogP contribution in [0.1, 0.15) is 50.5 Å². The van der Waals surface area contributed by atoms with E-state index >= 15 is 0 Å². The highest BCUT2D eigenvalue weighted by molar-refractivity contribution is 5.73. The Balaban J connectivity index is 1.54. The minimum Gasteiger partial charge on any atom is -0.340 e. The second-order valence-electron chi connectivity index (χ2n) is 7.29. The summed E-state index contributed by atoms with van der Waals surface area (Å²) in [5, 5.41) is 8.32. The molecule has 0 aromatic carbocycles. The molecule has 3 rings (SSSR count). The van der Waals surface area contributed by atoms with E-state index in [1.165, 1.54) is 5.56 Å². The average Bonchev–Trinajstić information content (AvgIpc) is 3.30. The molecule has 8 heteroatoms. The molecule has 0 radical (unpaired) electrons. The summed E-state index contributed by atoms with van der Waals surface area (Å²) in [5.74, 6) is 1.32. The number of aryl methyl sites for hydroxylation is 1. The molecule has 2 aromatic rings. The van der Waals surface area contributed by atoms with Crippen molar-refractivity contribution in [3.63, 3.8) is 0 Å². The summed E-state index contributed by atoms with van der Waals surface area (Å²) in [5.41, 5.74) is 1.22. The van der Waals surface area contributed by atoms with Gasteiger partial charge in [-0.05, 0) is 20.3 Å². The Hall–Kier alpha value is -2.22. The molecule has 0 bridgehead atoms. The van der Waals surface area contributed by atoms with E-state index in [4.69, 9.17) is 4.52 Å².